The van der Waals surface area contributed by atoms with Gasteiger partial charge in [0.15, 0.2) is 0 Å². The zero-order valence-corrected chi connectivity index (χ0v) is 16.8. The number of hydrogen-bond acceptors (Lipinski definition) is 5. The highest BCUT2D eigenvalue weighted by Gasteiger charge is 2.23. The second-order valence-electron chi connectivity index (χ2n) is 7.64. The molecule has 0 aliphatic carbocycles. The topological polar surface area (TPSA) is 54.0 Å². The highest BCUT2D eigenvalue weighted by molar-refractivity contribution is 5.78. The summed E-state index contributed by atoms with van der Waals surface area (Å²) in [7, 11) is 0. The summed E-state index contributed by atoms with van der Waals surface area (Å²) in [6.07, 6.45) is 0.901. The molecule has 2 aliphatic rings. The lowest BCUT2D eigenvalue weighted by Crippen LogP contribution is -2.50. The molecule has 0 radical (unpaired) electrons. The van der Waals surface area contributed by atoms with E-state index in [2.05, 4.69) is 21.2 Å². The fourth-order valence-electron chi connectivity index (χ4n) is 3.83. The van der Waals surface area contributed by atoms with Gasteiger partial charge < -0.3 is 14.8 Å². The van der Waals surface area contributed by atoms with Crippen LogP contribution >= 0.6 is 0 Å². The van der Waals surface area contributed by atoms with Gasteiger partial charge in [-0.3, -0.25) is 14.6 Å². The quantitative estimate of drug-likeness (QED) is 0.739. The van der Waals surface area contributed by atoms with Gasteiger partial charge in [0.05, 0.1) is 13.1 Å². The van der Waals surface area contributed by atoms with Crippen LogP contribution in [0.25, 0.3) is 0 Å². The lowest BCUT2D eigenvalue weighted by Gasteiger charge is -2.34. The molecule has 2 heterocycles. The molecule has 1 unspecified atom stereocenters. The summed E-state index contributed by atoms with van der Waals surface area (Å²) in [5, 5.41) is 3.03. The van der Waals surface area contributed by atoms with Crippen LogP contribution in [0.5, 0.6) is 11.5 Å². The molecule has 29 heavy (non-hydrogen) atoms. The molecule has 1 amide bonds. The first-order valence-electron chi connectivity index (χ1n) is 10.4. The molecule has 2 aromatic rings. The summed E-state index contributed by atoms with van der Waals surface area (Å²) >= 11 is 0. The first kappa shape index (κ1) is 19.7. The van der Waals surface area contributed by atoms with Gasteiger partial charge in [-0.1, -0.05) is 36.4 Å². The van der Waals surface area contributed by atoms with Gasteiger partial charge in [0, 0.05) is 39.1 Å². The Morgan fingerprint density at radius 2 is 1.72 bits per heavy atom. The van der Waals surface area contributed by atoms with Crippen LogP contribution < -0.4 is 14.8 Å². The van der Waals surface area contributed by atoms with Crippen LogP contribution in [-0.2, 0) is 11.2 Å². The fraction of sp³-hybridized carbons (Fsp3) is 0.435. The monoisotopic (exact) mass is 395 g/mol. The average molecular weight is 396 g/mol. The molecule has 0 spiro atoms. The number of para-hydroxylation sites is 2. The first-order chi connectivity index (χ1) is 14.3. The maximum absolute atomic E-state index is 12.3. The van der Waals surface area contributed by atoms with Gasteiger partial charge in [0.25, 0.3) is 0 Å². The summed E-state index contributed by atoms with van der Waals surface area (Å²) in [5.74, 6) is 1.93. The Kier molecular flexibility index (Phi) is 6.64. The molecule has 2 aromatic carbocycles. The van der Waals surface area contributed by atoms with E-state index in [4.69, 9.17) is 9.47 Å². The van der Waals surface area contributed by atoms with Crippen molar-refractivity contribution in [1.82, 2.24) is 15.1 Å². The Morgan fingerprint density at radius 1 is 1.00 bits per heavy atom. The van der Waals surface area contributed by atoms with Crippen molar-refractivity contribution in [2.45, 2.75) is 12.5 Å². The maximum atomic E-state index is 12.3. The van der Waals surface area contributed by atoms with Gasteiger partial charge in [0.1, 0.15) is 24.2 Å². The molecule has 2 aliphatic heterocycles. The number of nitrogens with zero attached hydrogens (tertiary/aromatic N) is 2. The normalized spacial score (nSPS) is 19.4. The number of ether oxygens (including phenoxy) is 2. The highest BCUT2D eigenvalue weighted by atomic mass is 16.5. The molecule has 0 saturated carbocycles. The largest absolute Gasteiger partial charge is 0.492 e. The van der Waals surface area contributed by atoms with Gasteiger partial charge in [-0.25, -0.2) is 0 Å². The lowest BCUT2D eigenvalue weighted by molar-refractivity contribution is -0.123. The zero-order chi connectivity index (χ0) is 19.9. The molecule has 6 nitrogen and oxygen atoms in total. The van der Waals surface area contributed by atoms with Gasteiger partial charge >= 0.3 is 0 Å². The van der Waals surface area contributed by atoms with Crippen molar-refractivity contribution in [1.29, 1.82) is 0 Å². The number of nitrogens with one attached hydrogen (secondary N) is 1. The Labute approximate surface area is 172 Å². The van der Waals surface area contributed by atoms with Crippen LogP contribution in [0.15, 0.2) is 54.6 Å². The van der Waals surface area contributed by atoms with Crippen molar-refractivity contribution < 1.29 is 14.3 Å². The Balaban J connectivity index is 1.09. The molecule has 1 atom stereocenters. The number of fused-ring (bicyclic) bond motifs is 1. The molecule has 0 bridgehead atoms. The molecule has 1 N–H and O–H groups in total. The number of hydrogen-bond donors (Lipinski definition) is 1. The van der Waals surface area contributed by atoms with Crippen LogP contribution in [0, 0.1) is 0 Å². The number of benzene rings is 2. The number of amides is 1. The van der Waals surface area contributed by atoms with E-state index in [0.29, 0.717) is 19.7 Å². The summed E-state index contributed by atoms with van der Waals surface area (Å²) < 4.78 is 11.7. The predicted molar refractivity (Wildman–Crippen MR) is 112 cm³/mol. The summed E-state index contributed by atoms with van der Waals surface area (Å²) in [4.78, 5) is 16.9. The van der Waals surface area contributed by atoms with Crippen LogP contribution in [0.3, 0.4) is 0 Å². The van der Waals surface area contributed by atoms with Gasteiger partial charge in [-0.05, 0) is 23.8 Å². The van der Waals surface area contributed by atoms with E-state index >= 15 is 0 Å². The molecule has 1 fully saturated rings. The van der Waals surface area contributed by atoms with Crippen molar-refractivity contribution in [3.63, 3.8) is 0 Å². The van der Waals surface area contributed by atoms with Crippen LogP contribution in [-0.4, -0.2) is 74.2 Å². The Bertz CT molecular complexity index is 766. The van der Waals surface area contributed by atoms with E-state index in [9.17, 15) is 4.79 Å². The minimum Gasteiger partial charge on any atom is -0.492 e. The standard InChI is InChI=1S/C23H29N3O3/c27-23(24-17-21-16-19-6-4-5-9-22(19)29-21)18-26-12-10-25(11-13-26)14-15-28-20-7-2-1-3-8-20/h1-9,21H,10-18H2,(H,24,27). The number of carbonyl (C=O) groups is 1. The molecule has 1 saturated heterocycles. The van der Waals surface area contributed by atoms with Crippen molar-refractivity contribution in [3.8, 4) is 11.5 Å². The molecular weight excluding hydrogens is 366 g/mol. The number of rotatable bonds is 8. The third kappa shape index (κ3) is 5.71. The molecule has 6 heteroatoms. The number of carbonyl (C=O) groups excluding carboxylic acids is 1. The van der Waals surface area contributed by atoms with Crippen LogP contribution in [0.2, 0.25) is 0 Å². The minimum absolute atomic E-state index is 0.0396. The summed E-state index contributed by atoms with van der Waals surface area (Å²) in [6, 6.07) is 18.0. The van der Waals surface area contributed by atoms with Crippen LogP contribution in [0.4, 0.5) is 0 Å². The van der Waals surface area contributed by atoms with Gasteiger partial charge in [0.2, 0.25) is 5.91 Å². The highest BCUT2D eigenvalue weighted by Crippen LogP contribution is 2.27. The fourth-order valence-corrected chi connectivity index (χ4v) is 3.83. The summed E-state index contributed by atoms with van der Waals surface area (Å²) in [5.41, 5.74) is 1.22. The van der Waals surface area contributed by atoms with Gasteiger partial charge in [-0.15, -0.1) is 0 Å². The second kappa shape index (κ2) is 9.76. The SMILES string of the molecule is O=C(CN1CCN(CCOc2ccccc2)CC1)NCC1Cc2ccccc2O1. The molecular formula is C23H29N3O3. The minimum atomic E-state index is 0.0396. The van der Waals surface area contributed by atoms with E-state index < -0.39 is 0 Å². The van der Waals surface area contributed by atoms with E-state index in [-0.39, 0.29) is 12.0 Å². The predicted octanol–water partition coefficient (Wildman–Crippen LogP) is 1.80. The third-order valence-corrected chi connectivity index (χ3v) is 5.49. The number of piperazine rings is 1. The Hall–Kier alpha value is -2.57. The third-order valence-electron chi connectivity index (χ3n) is 5.49. The second-order valence-corrected chi connectivity index (χ2v) is 7.64. The Morgan fingerprint density at radius 3 is 2.52 bits per heavy atom. The molecule has 0 aromatic heterocycles. The average Bonchev–Trinajstić information content (AvgIpc) is 3.17. The smallest absolute Gasteiger partial charge is 0.234 e. The summed E-state index contributed by atoms with van der Waals surface area (Å²) in [6.45, 7) is 6.36. The maximum Gasteiger partial charge on any atom is 0.234 e. The van der Waals surface area contributed by atoms with E-state index in [1.54, 1.807) is 0 Å². The first-order valence-corrected chi connectivity index (χ1v) is 10.4. The van der Waals surface area contributed by atoms with Crippen molar-refractivity contribution in [2.75, 3.05) is 52.4 Å². The van der Waals surface area contributed by atoms with E-state index in [0.717, 1.165) is 50.6 Å². The molecule has 154 valence electrons. The van der Waals surface area contributed by atoms with E-state index in [1.165, 1.54) is 5.56 Å². The van der Waals surface area contributed by atoms with E-state index in [1.807, 2.05) is 48.5 Å². The van der Waals surface area contributed by atoms with Crippen molar-refractivity contribution in [3.05, 3.63) is 60.2 Å². The van der Waals surface area contributed by atoms with Gasteiger partial charge in [-0.2, -0.15) is 0 Å². The zero-order valence-electron chi connectivity index (χ0n) is 16.8. The molecule has 4 rings (SSSR count). The van der Waals surface area contributed by atoms with Crippen LogP contribution in [0.1, 0.15) is 5.56 Å². The lowest BCUT2D eigenvalue weighted by atomic mass is 10.1. The van der Waals surface area contributed by atoms with Crippen molar-refractivity contribution >= 4 is 5.91 Å². The van der Waals surface area contributed by atoms with Crippen molar-refractivity contribution in [2.24, 2.45) is 0 Å².